The Kier molecular flexibility index (Phi) is 11.0. The normalized spacial score (nSPS) is 14.2. The van der Waals surface area contributed by atoms with E-state index in [9.17, 15) is 9.59 Å². The van der Waals surface area contributed by atoms with Crippen LogP contribution in [0.1, 0.15) is 24.0 Å². The van der Waals surface area contributed by atoms with Crippen LogP contribution in [-0.4, -0.2) is 55.2 Å². The Morgan fingerprint density at radius 2 is 1.83 bits per heavy atom. The molecular formula is C33H32Cl3N5O5. The van der Waals surface area contributed by atoms with Crippen molar-refractivity contribution in [1.29, 1.82) is 0 Å². The Hall–Kier alpha value is -3.93. The zero-order chi connectivity index (χ0) is 32.8. The number of hydrogen-bond donors (Lipinski definition) is 3. The highest BCUT2D eigenvalue weighted by Crippen LogP contribution is 2.43. The number of carbonyl (C=O) groups is 2. The van der Waals surface area contributed by atoms with Crippen LogP contribution in [0.25, 0.3) is 33.6 Å². The molecule has 4 N–H and O–H groups in total. The Labute approximate surface area is 281 Å². The van der Waals surface area contributed by atoms with Gasteiger partial charge in [-0.25, -0.2) is 4.98 Å². The number of esters is 1. The fraction of sp³-hybridized carbons (Fsp3) is 0.273. The quantitative estimate of drug-likeness (QED) is 0.158. The number of halogens is 3. The second-order valence-corrected chi connectivity index (χ2v) is 11.7. The van der Waals surface area contributed by atoms with Gasteiger partial charge in [0.1, 0.15) is 12.4 Å². The van der Waals surface area contributed by atoms with E-state index in [4.69, 9.17) is 59.7 Å². The van der Waals surface area contributed by atoms with E-state index in [-0.39, 0.29) is 25.1 Å². The summed E-state index contributed by atoms with van der Waals surface area (Å²) in [6.07, 6.45) is 2.98. The Bertz CT molecular complexity index is 1770. The number of carbonyl (C=O) groups excluding carboxylic acids is 2. The van der Waals surface area contributed by atoms with Crippen LogP contribution in [0.3, 0.4) is 0 Å². The molecule has 3 heterocycles. The lowest BCUT2D eigenvalue weighted by atomic mass is 9.99. The van der Waals surface area contributed by atoms with Crippen LogP contribution in [0.2, 0.25) is 15.1 Å². The molecule has 0 aliphatic carbocycles. The van der Waals surface area contributed by atoms with Crippen molar-refractivity contribution in [2.24, 2.45) is 5.73 Å². The lowest BCUT2D eigenvalue weighted by Gasteiger charge is -2.17. The number of benzene rings is 2. The number of pyridine rings is 2. The molecule has 5 rings (SSSR count). The molecule has 0 spiro atoms. The van der Waals surface area contributed by atoms with Gasteiger partial charge in [0.25, 0.3) is 0 Å². The van der Waals surface area contributed by atoms with Gasteiger partial charge in [-0.05, 0) is 24.6 Å². The van der Waals surface area contributed by atoms with E-state index < -0.39 is 5.97 Å². The summed E-state index contributed by atoms with van der Waals surface area (Å²) >= 11 is 20.7. The Morgan fingerprint density at radius 1 is 1.04 bits per heavy atom. The van der Waals surface area contributed by atoms with Crippen LogP contribution in [0.4, 0.5) is 0 Å². The highest BCUT2D eigenvalue weighted by molar-refractivity contribution is 6.39. The van der Waals surface area contributed by atoms with E-state index in [0.717, 1.165) is 6.42 Å². The first-order valence-corrected chi connectivity index (χ1v) is 15.6. The van der Waals surface area contributed by atoms with Crippen molar-refractivity contribution in [2.75, 3.05) is 27.3 Å². The summed E-state index contributed by atoms with van der Waals surface area (Å²) in [6.45, 7) is 0.828. The zero-order valence-corrected chi connectivity index (χ0v) is 27.4. The molecule has 13 heteroatoms. The maximum absolute atomic E-state index is 11.5. The monoisotopic (exact) mass is 683 g/mol. The van der Waals surface area contributed by atoms with Crippen LogP contribution < -0.4 is 25.8 Å². The zero-order valence-electron chi connectivity index (χ0n) is 25.2. The SMILES string of the molecule is COc1cc(-c2nccc(-c3cccc(-c4cc(Cl)c(CNC[C@H]5CCC(=O)N5)c(OC)n4)c3Cl)c2Cl)ccc1COC(=O)CN. The lowest BCUT2D eigenvalue weighted by Crippen LogP contribution is -2.35. The number of amides is 1. The molecule has 1 fully saturated rings. The Balaban J connectivity index is 1.43. The summed E-state index contributed by atoms with van der Waals surface area (Å²) in [5, 5.41) is 7.54. The number of nitrogens with two attached hydrogens (primary N) is 1. The van der Waals surface area contributed by atoms with Gasteiger partial charge in [0.05, 0.1) is 47.2 Å². The molecule has 1 atom stereocenters. The second kappa shape index (κ2) is 15.1. The molecule has 1 saturated heterocycles. The predicted molar refractivity (Wildman–Crippen MR) is 178 cm³/mol. The number of nitrogens with zero attached hydrogens (tertiary/aromatic N) is 2. The summed E-state index contributed by atoms with van der Waals surface area (Å²) < 4.78 is 16.3. The Morgan fingerprint density at radius 3 is 2.54 bits per heavy atom. The van der Waals surface area contributed by atoms with E-state index in [0.29, 0.717) is 91.0 Å². The van der Waals surface area contributed by atoms with Crippen molar-refractivity contribution in [2.45, 2.75) is 32.0 Å². The number of nitrogens with one attached hydrogen (secondary N) is 2. The van der Waals surface area contributed by atoms with Crippen LogP contribution in [0.15, 0.2) is 54.7 Å². The van der Waals surface area contributed by atoms with Gasteiger partial charge in [-0.2, -0.15) is 0 Å². The number of ether oxygens (including phenoxy) is 3. The first-order chi connectivity index (χ1) is 22.2. The number of rotatable bonds is 12. The molecule has 2 aromatic heterocycles. The summed E-state index contributed by atoms with van der Waals surface area (Å²) in [7, 11) is 3.06. The molecular weight excluding hydrogens is 653 g/mol. The highest BCUT2D eigenvalue weighted by atomic mass is 35.5. The average molecular weight is 685 g/mol. The highest BCUT2D eigenvalue weighted by Gasteiger charge is 2.22. The second-order valence-electron chi connectivity index (χ2n) is 10.5. The van der Waals surface area contributed by atoms with E-state index in [1.165, 1.54) is 14.2 Å². The minimum absolute atomic E-state index is 0.0174. The van der Waals surface area contributed by atoms with Gasteiger partial charge in [-0.15, -0.1) is 0 Å². The third-order valence-corrected chi connectivity index (χ3v) is 8.70. The molecule has 0 saturated carbocycles. The van der Waals surface area contributed by atoms with Crippen molar-refractivity contribution < 1.29 is 23.8 Å². The predicted octanol–water partition coefficient (Wildman–Crippen LogP) is 5.83. The van der Waals surface area contributed by atoms with Crippen LogP contribution >= 0.6 is 34.8 Å². The minimum atomic E-state index is -0.515. The van der Waals surface area contributed by atoms with Crippen LogP contribution in [0.5, 0.6) is 11.6 Å². The summed E-state index contributed by atoms with van der Waals surface area (Å²) in [5.41, 5.74) is 10.4. The molecule has 240 valence electrons. The molecule has 0 bridgehead atoms. The van der Waals surface area contributed by atoms with Gasteiger partial charge in [-0.3, -0.25) is 14.6 Å². The molecule has 4 aromatic rings. The first kappa shape index (κ1) is 33.4. The van der Waals surface area contributed by atoms with E-state index in [1.54, 1.807) is 30.5 Å². The van der Waals surface area contributed by atoms with Gasteiger partial charge in [0, 0.05) is 65.1 Å². The van der Waals surface area contributed by atoms with Gasteiger partial charge in [-0.1, -0.05) is 65.1 Å². The molecule has 1 aliphatic heterocycles. The molecule has 2 aromatic carbocycles. The van der Waals surface area contributed by atoms with Crippen molar-refractivity contribution in [3.05, 3.63) is 80.9 Å². The fourth-order valence-corrected chi connectivity index (χ4v) is 6.10. The minimum Gasteiger partial charge on any atom is -0.496 e. The third-order valence-electron chi connectivity index (χ3n) is 7.57. The van der Waals surface area contributed by atoms with Crippen molar-refractivity contribution in [1.82, 2.24) is 20.6 Å². The maximum atomic E-state index is 11.5. The molecule has 1 aliphatic rings. The summed E-state index contributed by atoms with van der Waals surface area (Å²) in [5.74, 6) is 0.423. The van der Waals surface area contributed by atoms with E-state index in [2.05, 4.69) is 15.6 Å². The molecule has 0 radical (unpaired) electrons. The van der Waals surface area contributed by atoms with Gasteiger partial charge in [0.15, 0.2) is 0 Å². The summed E-state index contributed by atoms with van der Waals surface area (Å²) in [4.78, 5) is 32.3. The van der Waals surface area contributed by atoms with Crippen molar-refractivity contribution in [3.8, 4) is 45.3 Å². The van der Waals surface area contributed by atoms with Crippen LogP contribution in [0, 0.1) is 0 Å². The first-order valence-electron chi connectivity index (χ1n) is 14.4. The van der Waals surface area contributed by atoms with Crippen LogP contribution in [-0.2, 0) is 27.5 Å². The van der Waals surface area contributed by atoms with E-state index >= 15 is 0 Å². The average Bonchev–Trinajstić information content (AvgIpc) is 3.49. The van der Waals surface area contributed by atoms with Gasteiger partial charge in [0.2, 0.25) is 11.8 Å². The number of aromatic nitrogens is 2. The standard InChI is InChI=1S/C33H32Cl3N5O5/c1-44-27-12-18(6-7-19(27)17-46-29(43)14-37)32-31(36)22(10-11-39-32)21-4-3-5-23(30(21)35)26-13-25(34)24(33(41-26)45-2)16-38-15-20-8-9-28(42)40-20/h3-7,10-13,20,38H,8-9,14-17,37H2,1-2H3,(H,40,42)/t20-/m1/s1. The summed E-state index contributed by atoms with van der Waals surface area (Å²) in [6, 6.07) is 14.6. The number of hydrogen-bond acceptors (Lipinski definition) is 9. The van der Waals surface area contributed by atoms with Crippen molar-refractivity contribution in [3.63, 3.8) is 0 Å². The van der Waals surface area contributed by atoms with E-state index in [1.807, 2.05) is 24.3 Å². The maximum Gasteiger partial charge on any atom is 0.320 e. The van der Waals surface area contributed by atoms with Crippen molar-refractivity contribution >= 4 is 46.7 Å². The smallest absolute Gasteiger partial charge is 0.320 e. The number of methoxy groups -OCH3 is 2. The van der Waals surface area contributed by atoms with Gasteiger partial charge < -0.3 is 30.6 Å². The molecule has 1 amide bonds. The largest absolute Gasteiger partial charge is 0.496 e. The molecule has 46 heavy (non-hydrogen) atoms. The molecule has 10 nitrogen and oxygen atoms in total. The molecule has 0 unspecified atom stereocenters. The fourth-order valence-electron chi connectivity index (χ4n) is 5.21. The third kappa shape index (κ3) is 7.37. The topological polar surface area (TPSA) is 138 Å². The lowest BCUT2D eigenvalue weighted by molar-refractivity contribution is -0.143. The van der Waals surface area contributed by atoms with Gasteiger partial charge >= 0.3 is 5.97 Å².